The van der Waals surface area contributed by atoms with Crippen LogP contribution in [-0.4, -0.2) is 37.8 Å². The molecule has 0 heterocycles. The zero-order valence-electron chi connectivity index (χ0n) is 13.4. The Balaban J connectivity index is 0.00000220. The van der Waals surface area contributed by atoms with E-state index in [1.54, 1.807) is 0 Å². The van der Waals surface area contributed by atoms with Crippen LogP contribution in [0.5, 0.6) is 0 Å². The molecule has 2 atom stereocenters. The molecule has 2 rings (SSSR count). The molecule has 0 amide bonds. The average Bonchev–Trinajstić information content (AvgIpc) is 2.96. The normalized spacial score (nSPS) is 26.9. The van der Waals surface area contributed by atoms with Crippen LogP contribution >= 0.6 is 24.0 Å². The van der Waals surface area contributed by atoms with Crippen molar-refractivity contribution in [2.75, 3.05) is 19.7 Å². The maximum atomic E-state index is 5.95. The van der Waals surface area contributed by atoms with Gasteiger partial charge in [0.15, 0.2) is 5.96 Å². The summed E-state index contributed by atoms with van der Waals surface area (Å²) in [7, 11) is 0. The summed E-state index contributed by atoms with van der Waals surface area (Å²) in [5.41, 5.74) is 0.348. The van der Waals surface area contributed by atoms with E-state index in [0.29, 0.717) is 24.1 Å². The van der Waals surface area contributed by atoms with Crippen molar-refractivity contribution in [2.45, 2.75) is 58.1 Å². The highest BCUT2D eigenvalue weighted by molar-refractivity contribution is 14.0. The van der Waals surface area contributed by atoms with Crippen LogP contribution in [0.2, 0.25) is 0 Å². The molecule has 2 aliphatic carbocycles. The third-order valence-electron chi connectivity index (χ3n) is 4.72. The molecule has 4 nitrogen and oxygen atoms in total. The van der Waals surface area contributed by atoms with Crippen molar-refractivity contribution < 1.29 is 4.74 Å². The summed E-state index contributed by atoms with van der Waals surface area (Å²) in [4.78, 5) is 4.51. The lowest BCUT2D eigenvalue weighted by molar-refractivity contribution is -0.125. The Labute approximate surface area is 146 Å². The van der Waals surface area contributed by atoms with Gasteiger partial charge in [0.05, 0.1) is 12.6 Å². The molecule has 0 aromatic heterocycles. The van der Waals surface area contributed by atoms with Gasteiger partial charge in [0.2, 0.25) is 0 Å². The molecule has 2 N–H and O–H groups in total. The second-order valence-electron chi connectivity index (χ2n) is 5.83. The number of nitrogens with one attached hydrogen (secondary N) is 2. The summed E-state index contributed by atoms with van der Waals surface area (Å²) < 4.78 is 5.95. The molecule has 122 valence electrons. The second kappa shape index (κ2) is 8.98. The molecule has 0 radical (unpaired) electrons. The third kappa shape index (κ3) is 4.12. The summed E-state index contributed by atoms with van der Waals surface area (Å²) in [6, 6.07) is 0.504. The summed E-state index contributed by atoms with van der Waals surface area (Å²) in [6.45, 7) is 10.3. The molecule has 0 bridgehead atoms. The van der Waals surface area contributed by atoms with E-state index in [1.165, 1.54) is 25.7 Å². The van der Waals surface area contributed by atoms with Crippen LogP contribution in [0.1, 0.15) is 46.0 Å². The van der Waals surface area contributed by atoms with E-state index in [2.05, 4.69) is 36.1 Å². The lowest BCUT2D eigenvalue weighted by Gasteiger charge is -2.54. The third-order valence-corrected chi connectivity index (χ3v) is 4.72. The number of halogens is 1. The fourth-order valence-corrected chi connectivity index (χ4v) is 3.73. The molecule has 2 unspecified atom stereocenters. The van der Waals surface area contributed by atoms with Crippen molar-refractivity contribution >= 4 is 29.9 Å². The van der Waals surface area contributed by atoms with E-state index in [4.69, 9.17) is 4.74 Å². The number of guanidine groups is 1. The predicted molar refractivity (Wildman–Crippen MR) is 99.4 cm³/mol. The van der Waals surface area contributed by atoms with Crippen LogP contribution in [0.15, 0.2) is 17.6 Å². The van der Waals surface area contributed by atoms with E-state index in [1.807, 2.05) is 6.08 Å². The van der Waals surface area contributed by atoms with E-state index >= 15 is 0 Å². The van der Waals surface area contributed by atoms with Gasteiger partial charge in [-0.05, 0) is 33.1 Å². The molecule has 0 aromatic rings. The first-order chi connectivity index (χ1) is 9.76. The largest absolute Gasteiger partial charge is 0.378 e. The minimum Gasteiger partial charge on any atom is -0.378 e. The van der Waals surface area contributed by atoms with Crippen molar-refractivity contribution in [1.29, 1.82) is 0 Å². The average molecular weight is 407 g/mol. The topological polar surface area (TPSA) is 45.7 Å². The standard InChI is InChI=1S/C16H29N3O.HI/c1-4-11-18-15(17-5-2)19-13-12-14(20-6-3)16(13)9-7-8-10-16;/h4,13-14H,1,5-12H2,2-3H3,(H2,17,18,19);1H. The van der Waals surface area contributed by atoms with Crippen molar-refractivity contribution in [1.82, 2.24) is 10.6 Å². The van der Waals surface area contributed by atoms with E-state index in [0.717, 1.165) is 25.5 Å². The Bertz CT molecular complexity index is 353. The van der Waals surface area contributed by atoms with Crippen LogP contribution < -0.4 is 10.6 Å². The summed E-state index contributed by atoms with van der Waals surface area (Å²) in [5, 5.41) is 6.94. The van der Waals surface area contributed by atoms with Gasteiger partial charge in [-0.15, -0.1) is 30.6 Å². The second-order valence-corrected chi connectivity index (χ2v) is 5.83. The molecular weight excluding hydrogens is 377 g/mol. The molecule has 2 aliphatic rings. The predicted octanol–water partition coefficient (Wildman–Crippen LogP) is 3.08. The molecule has 0 aliphatic heterocycles. The zero-order chi connectivity index (χ0) is 14.4. The summed E-state index contributed by atoms with van der Waals surface area (Å²) in [5.74, 6) is 0.915. The molecule has 21 heavy (non-hydrogen) atoms. The molecular formula is C16H30IN3O. The Hall–Kier alpha value is -0.300. The molecule has 5 heteroatoms. The minimum atomic E-state index is 0. The molecule has 2 fully saturated rings. The lowest BCUT2D eigenvalue weighted by Crippen LogP contribution is -2.65. The van der Waals surface area contributed by atoms with Gasteiger partial charge in [0.25, 0.3) is 0 Å². The van der Waals surface area contributed by atoms with Gasteiger partial charge in [-0.1, -0.05) is 18.9 Å². The summed E-state index contributed by atoms with van der Waals surface area (Å²) >= 11 is 0. The van der Waals surface area contributed by atoms with Crippen LogP contribution in [-0.2, 0) is 4.74 Å². The number of ether oxygens (including phenoxy) is 1. The van der Waals surface area contributed by atoms with Gasteiger partial charge in [0, 0.05) is 24.6 Å². The van der Waals surface area contributed by atoms with E-state index in [9.17, 15) is 0 Å². The number of aliphatic imine (C=N–C) groups is 1. The molecule has 2 saturated carbocycles. The van der Waals surface area contributed by atoms with Crippen LogP contribution in [0.4, 0.5) is 0 Å². The molecule has 0 saturated heterocycles. The first kappa shape index (κ1) is 18.7. The highest BCUT2D eigenvalue weighted by atomic mass is 127. The number of hydrogen-bond acceptors (Lipinski definition) is 2. The van der Waals surface area contributed by atoms with Gasteiger partial charge >= 0.3 is 0 Å². The fourth-order valence-electron chi connectivity index (χ4n) is 3.73. The monoisotopic (exact) mass is 407 g/mol. The maximum Gasteiger partial charge on any atom is 0.191 e. The van der Waals surface area contributed by atoms with Gasteiger partial charge in [-0.2, -0.15) is 0 Å². The van der Waals surface area contributed by atoms with Crippen molar-refractivity contribution in [3.63, 3.8) is 0 Å². The van der Waals surface area contributed by atoms with Crippen molar-refractivity contribution in [3.8, 4) is 0 Å². The SMILES string of the molecule is C=CCN=C(NCC)NC1CC(OCC)C12CCCC2.I. The smallest absolute Gasteiger partial charge is 0.191 e. The highest BCUT2D eigenvalue weighted by Crippen LogP contribution is 2.54. The Morgan fingerprint density at radius 1 is 1.38 bits per heavy atom. The maximum absolute atomic E-state index is 5.95. The summed E-state index contributed by atoms with van der Waals surface area (Å²) in [6.07, 6.45) is 8.62. The van der Waals surface area contributed by atoms with Gasteiger partial charge in [-0.3, -0.25) is 0 Å². The Kier molecular flexibility index (Phi) is 8.02. The highest BCUT2D eigenvalue weighted by Gasteiger charge is 2.56. The Morgan fingerprint density at radius 3 is 2.67 bits per heavy atom. The van der Waals surface area contributed by atoms with Gasteiger partial charge < -0.3 is 15.4 Å². The number of rotatable bonds is 6. The fraction of sp³-hybridized carbons (Fsp3) is 0.812. The zero-order valence-corrected chi connectivity index (χ0v) is 15.7. The minimum absolute atomic E-state index is 0. The lowest BCUT2D eigenvalue weighted by atomic mass is 9.60. The van der Waals surface area contributed by atoms with Gasteiger partial charge in [0.1, 0.15) is 0 Å². The van der Waals surface area contributed by atoms with Crippen molar-refractivity contribution in [2.24, 2.45) is 10.4 Å². The molecule has 0 aromatic carbocycles. The number of nitrogens with zero attached hydrogens (tertiary/aromatic N) is 1. The van der Waals surface area contributed by atoms with Crippen LogP contribution in [0.25, 0.3) is 0 Å². The van der Waals surface area contributed by atoms with Crippen LogP contribution in [0.3, 0.4) is 0 Å². The van der Waals surface area contributed by atoms with Crippen molar-refractivity contribution in [3.05, 3.63) is 12.7 Å². The van der Waals surface area contributed by atoms with E-state index in [-0.39, 0.29) is 24.0 Å². The quantitative estimate of drug-likeness (QED) is 0.308. The first-order valence-corrected chi connectivity index (χ1v) is 8.04. The van der Waals surface area contributed by atoms with Gasteiger partial charge in [-0.25, -0.2) is 4.99 Å². The van der Waals surface area contributed by atoms with Crippen LogP contribution in [0, 0.1) is 5.41 Å². The van der Waals surface area contributed by atoms with E-state index < -0.39 is 0 Å². The molecule has 1 spiro atoms. The Morgan fingerprint density at radius 2 is 2.10 bits per heavy atom. The first-order valence-electron chi connectivity index (χ1n) is 8.04. The number of hydrogen-bond donors (Lipinski definition) is 2.